The summed E-state index contributed by atoms with van der Waals surface area (Å²) in [7, 11) is 1.42. The van der Waals surface area contributed by atoms with Crippen molar-refractivity contribution in [1.29, 1.82) is 0 Å². The minimum Gasteiger partial charge on any atom is -0.507 e. The van der Waals surface area contributed by atoms with Crippen LogP contribution in [-0.4, -0.2) is 23.9 Å². The number of amides is 1. The van der Waals surface area contributed by atoms with Crippen molar-refractivity contribution >= 4 is 23.1 Å². The number of methoxy groups -OCH3 is 1. The number of aliphatic hydroxyl groups excluding tert-OH is 1. The van der Waals surface area contributed by atoms with Crippen LogP contribution in [0.3, 0.4) is 0 Å². The third kappa shape index (κ3) is 4.27. The zero-order chi connectivity index (χ0) is 25.5. The zero-order valence-corrected chi connectivity index (χ0v) is 19.2. The highest BCUT2D eigenvalue weighted by molar-refractivity contribution is 6.51. The lowest BCUT2D eigenvalue weighted by molar-refractivity contribution is -0.137. The molecule has 1 aliphatic heterocycles. The summed E-state index contributed by atoms with van der Waals surface area (Å²) >= 11 is 0. The van der Waals surface area contributed by atoms with Crippen molar-refractivity contribution in [3.05, 3.63) is 100 Å². The molecule has 1 N–H and O–H groups in total. The first kappa shape index (κ1) is 24.1. The summed E-state index contributed by atoms with van der Waals surface area (Å²) in [6.07, 6.45) is -4.55. The molecular weight excluding hydrogens is 459 g/mol. The number of carbonyl (C=O) groups is 2. The van der Waals surface area contributed by atoms with Gasteiger partial charge in [0.1, 0.15) is 11.5 Å². The number of carbonyl (C=O) groups excluding carboxylic acids is 2. The molecule has 1 heterocycles. The Hall–Kier alpha value is -4.07. The second-order valence-corrected chi connectivity index (χ2v) is 8.27. The van der Waals surface area contributed by atoms with Crippen molar-refractivity contribution in [1.82, 2.24) is 0 Å². The van der Waals surface area contributed by atoms with Gasteiger partial charge in [-0.05, 0) is 61.4 Å². The number of rotatable bonds is 4. The Morgan fingerprint density at radius 2 is 1.63 bits per heavy atom. The third-order valence-electron chi connectivity index (χ3n) is 6.01. The van der Waals surface area contributed by atoms with E-state index in [1.165, 1.54) is 7.11 Å². The van der Waals surface area contributed by atoms with E-state index in [0.29, 0.717) is 11.3 Å². The van der Waals surface area contributed by atoms with Gasteiger partial charge in [-0.25, -0.2) is 0 Å². The second kappa shape index (κ2) is 8.94. The van der Waals surface area contributed by atoms with Crippen molar-refractivity contribution in [3.8, 4) is 5.75 Å². The predicted octanol–water partition coefficient (Wildman–Crippen LogP) is 5.96. The summed E-state index contributed by atoms with van der Waals surface area (Å²) in [5.41, 5.74) is 1.36. The van der Waals surface area contributed by atoms with Gasteiger partial charge >= 0.3 is 6.18 Å². The van der Waals surface area contributed by atoms with Crippen LogP contribution in [0.5, 0.6) is 5.75 Å². The molecule has 1 atom stereocenters. The van der Waals surface area contributed by atoms with Gasteiger partial charge in [0.05, 0.1) is 29.9 Å². The minimum absolute atomic E-state index is 0.101. The SMILES string of the molecule is COc1ccc(C)cc1/C(O)=C1\C(=O)C(=O)N(c2ccc(C(F)(F)F)cc2)C1c1ccccc1C. The fourth-order valence-corrected chi connectivity index (χ4v) is 4.25. The van der Waals surface area contributed by atoms with Gasteiger partial charge in [-0.1, -0.05) is 35.9 Å². The maximum absolute atomic E-state index is 13.3. The maximum atomic E-state index is 13.3. The van der Waals surface area contributed by atoms with E-state index in [-0.39, 0.29) is 16.8 Å². The molecule has 0 spiro atoms. The van der Waals surface area contributed by atoms with E-state index in [9.17, 15) is 27.9 Å². The van der Waals surface area contributed by atoms with Gasteiger partial charge in [-0.2, -0.15) is 13.2 Å². The van der Waals surface area contributed by atoms with Crippen LogP contribution < -0.4 is 9.64 Å². The Kier molecular flexibility index (Phi) is 6.15. The molecule has 5 nitrogen and oxygen atoms in total. The molecule has 3 aromatic rings. The number of hydrogen-bond donors (Lipinski definition) is 1. The van der Waals surface area contributed by atoms with E-state index in [4.69, 9.17) is 4.74 Å². The van der Waals surface area contributed by atoms with Gasteiger partial charge in [-0.15, -0.1) is 0 Å². The molecule has 3 aromatic carbocycles. The molecule has 1 saturated heterocycles. The lowest BCUT2D eigenvalue weighted by Crippen LogP contribution is -2.29. The molecule has 0 aliphatic carbocycles. The Balaban J connectivity index is 1.97. The Morgan fingerprint density at radius 1 is 0.971 bits per heavy atom. The topological polar surface area (TPSA) is 66.8 Å². The molecule has 8 heteroatoms. The number of anilines is 1. The highest BCUT2D eigenvalue weighted by Gasteiger charge is 2.47. The first-order valence-corrected chi connectivity index (χ1v) is 10.7. The van der Waals surface area contributed by atoms with Gasteiger partial charge in [0, 0.05) is 5.69 Å². The normalized spacial score (nSPS) is 17.7. The molecule has 4 rings (SSSR count). The summed E-state index contributed by atoms with van der Waals surface area (Å²) in [6.45, 7) is 3.59. The summed E-state index contributed by atoms with van der Waals surface area (Å²) in [6, 6.07) is 15.0. The molecule has 1 aliphatic rings. The fraction of sp³-hybridized carbons (Fsp3) is 0.185. The number of benzene rings is 3. The summed E-state index contributed by atoms with van der Waals surface area (Å²) in [4.78, 5) is 27.6. The minimum atomic E-state index is -4.55. The van der Waals surface area contributed by atoms with Gasteiger partial charge in [-0.3, -0.25) is 14.5 Å². The number of ketones is 1. The number of ether oxygens (including phenoxy) is 1. The van der Waals surface area contributed by atoms with E-state index in [2.05, 4.69) is 0 Å². The lowest BCUT2D eigenvalue weighted by Gasteiger charge is -2.27. The van der Waals surface area contributed by atoms with Crippen LogP contribution in [0.1, 0.15) is 33.9 Å². The van der Waals surface area contributed by atoms with Crippen molar-refractivity contribution in [3.63, 3.8) is 0 Å². The monoisotopic (exact) mass is 481 g/mol. The summed E-state index contributed by atoms with van der Waals surface area (Å²) < 4.78 is 44.7. The Bertz CT molecular complexity index is 1340. The van der Waals surface area contributed by atoms with Crippen molar-refractivity contribution < 1.29 is 32.6 Å². The summed E-state index contributed by atoms with van der Waals surface area (Å²) in [5.74, 6) is -2.02. The van der Waals surface area contributed by atoms with Crippen molar-refractivity contribution in [2.24, 2.45) is 0 Å². The summed E-state index contributed by atoms with van der Waals surface area (Å²) in [5, 5.41) is 11.3. The van der Waals surface area contributed by atoms with Crippen LogP contribution in [0, 0.1) is 13.8 Å². The molecule has 0 saturated carbocycles. The molecule has 35 heavy (non-hydrogen) atoms. The van der Waals surface area contributed by atoms with Gasteiger partial charge in [0.15, 0.2) is 0 Å². The third-order valence-corrected chi connectivity index (χ3v) is 6.01. The van der Waals surface area contributed by atoms with E-state index in [1.54, 1.807) is 56.3 Å². The zero-order valence-electron chi connectivity index (χ0n) is 19.2. The van der Waals surface area contributed by atoms with Gasteiger partial charge in [0.2, 0.25) is 0 Å². The van der Waals surface area contributed by atoms with Crippen LogP contribution in [-0.2, 0) is 15.8 Å². The molecular formula is C27H22F3NO4. The molecule has 1 unspecified atom stereocenters. The average molecular weight is 481 g/mol. The highest BCUT2D eigenvalue weighted by Crippen LogP contribution is 2.44. The molecule has 0 aromatic heterocycles. The van der Waals surface area contributed by atoms with Crippen molar-refractivity contribution in [2.45, 2.75) is 26.1 Å². The van der Waals surface area contributed by atoms with Crippen LogP contribution in [0.25, 0.3) is 5.76 Å². The largest absolute Gasteiger partial charge is 0.507 e. The number of nitrogens with zero attached hydrogens (tertiary/aromatic N) is 1. The number of hydrogen-bond acceptors (Lipinski definition) is 4. The number of aliphatic hydroxyl groups is 1. The highest BCUT2D eigenvalue weighted by atomic mass is 19.4. The number of aryl methyl sites for hydroxylation is 2. The first-order valence-electron chi connectivity index (χ1n) is 10.7. The van der Waals surface area contributed by atoms with Crippen LogP contribution in [0.15, 0.2) is 72.3 Å². The van der Waals surface area contributed by atoms with Crippen LogP contribution in [0.4, 0.5) is 18.9 Å². The standard InChI is InChI=1S/C27H22F3NO4/c1-15-8-13-21(35-3)20(14-15)24(32)22-23(19-7-5-4-6-16(19)2)31(26(34)25(22)33)18-11-9-17(10-12-18)27(28,29)30/h4-14,23,32H,1-3H3/b24-22+. The van der Waals surface area contributed by atoms with E-state index < -0.39 is 35.2 Å². The van der Waals surface area contributed by atoms with Crippen molar-refractivity contribution in [2.75, 3.05) is 12.0 Å². The quantitative estimate of drug-likeness (QED) is 0.284. The average Bonchev–Trinajstić information content (AvgIpc) is 3.08. The van der Waals surface area contributed by atoms with Crippen LogP contribution in [0.2, 0.25) is 0 Å². The number of alkyl halides is 3. The molecule has 1 fully saturated rings. The maximum Gasteiger partial charge on any atom is 0.416 e. The second-order valence-electron chi connectivity index (χ2n) is 8.27. The van der Waals surface area contributed by atoms with Gasteiger partial charge in [0.25, 0.3) is 11.7 Å². The molecule has 1 amide bonds. The number of halogens is 3. The fourth-order valence-electron chi connectivity index (χ4n) is 4.25. The predicted molar refractivity (Wildman–Crippen MR) is 125 cm³/mol. The first-order chi connectivity index (χ1) is 16.5. The van der Waals surface area contributed by atoms with Crippen LogP contribution >= 0.6 is 0 Å². The van der Waals surface area contributed by atoms with E-state index in [1.807, 2.05) is 0 Å². The number of Topliss-reactive ketones (excluding diaryl/α,β-unsaturated/α-hetero) is 1. The molecule has 0 radical (unpaired) electrons. The van der Waals surface area contributed by atoms with E-state index in [0.717, 1.165) is 40.3 Å². The van der Waals surface area contributed by atoms with E-state index >= 15 is 0 Å². The molecule has 180 valence electrons. The Morgan fingerprint density at radius 3 is 2.23 bits per heavy atom. The van der Waals surface area contributed by atoms with Gasteiger partial charge < -0.3 is 9.84 Å². The molecule has 0 bridgehead atoms. The smallest absolute Gasteiger partial charge is 0.416 e. The Labute approximate surface area is 200 Å². The lowest BCUT2D eigenvalue weighted by atomic mass is 9.92.